The number of rotatable bonds is 11. The number of ketones is 1. The molecule has 1 aromatic heterocycles. The first-order valence-electron chi connectivity index (χ1n) is 12.3. The average Bonchev–Trinajstić information content (AvgIpc) is 3.45. The fraction of sp³-hybridized carbons (Fsp3) is 0.310. The van der Waals surface area contributed by atoms with Crippen molar-refractivity contribution in [1.82, 2.24) is 10.6 Å². The van der Waals surface area contributed by atoms with Crippen molar-refractivity contribution in [2.45, 2.75) is 45.7 Å². The lowest BCUT2D eigenvalue weighted by Crippen LogP contribution is -2.52. The molecule has 3 rings (SSSR count). The zero-order chi connectivity index (χ0) is 27.9. The molecule has 0 saturated carbocycles. The number of carbonyl (C=O) groups is 4. The Morgan fingerprint density at radius 3 is 2.32 bits per heavy atom. The van der Waals surface area contributed by atoms with Gasteiger partial charge >= 0.3 is 0 Å². The zero-order valence-corrected chi connectivity index (χ0v) is 23.1. The van der Waals surface area contributed by atoms with Gasteiger partial charge in [-0.1, -0.05) is 25.1 Å². The third-order valence-electron chi connectivity index (χ3n) is 6.23. The van der Waals surface area contributed by atoms with Gasteiger partial charge in [-0.2, -0.15) is 0 Å². The minimum Gasteiger partial charge on any atom is -0.497 e. The van der Waals surface area contributed by atoms with Crippen LogP contribution < -0.4 is 20.3 Å². The van der Waals surface area contributed by atoms with Crippen LogP contribution in [-0.4, -0.2) is 42.7 Å². The number of ether oxygens (including phenoxy) is 1. The molecule has 38 heavy (non-hydrogen) atoms. The molecule has 1 heterocycles. The second-order valence-electron chi connectivity index (χ2n) is 9.43. The molecule has 9 heteroatoms. The Labute approximate surface area is 227 Å². The number of carbonyl (C=O) groups excluding carboxylic acids is 4. The fourth-order valence-electron chi connectivity index (χ4n) is 3.75. The fourth-order valence-corrected chi connectivity index (χ4v) is 4.39. The van der Waals surface area contributed by atoms with E-state index in [0.29, 0.717) is 33.9 Å². The summed E-state index contributed by atoms with van der Waals surface area (Å²) in [6.45, 7) is 6.89. The third kappa shape index (κ3) is 7.07. The third-order valence-corrected chi connectivity index (χ3v) is 7.10. The van der Waals surface area contributed by atoms with Crippen LogP contribution in [0.2, 0.25) is 0 Å². The maximum Gasteiger partial charge on any atom is 0.261 e. The Kier molecular flexibility index (Phi) is 9.41. The normalized spacial score (nSPS) is 11.8. The van der Waals surface area contributed by atoms with Gasteiger partial charge in [0, 0.05) is 16.8 Å². The van der Waals surface area contributed by atoms with Crippen LogP contribution >= 0.6 is 11.3 Å². The van der Waals surface area contributed by atoms with Gasteiger partial charge in [-0.05, 0) is 80.6 Å². The molecule has 0 aliphatic heterocycles. The molecular formula is C29H33N3O5S. The van der Waals surface area contributed by atoms with Gasteiger partial charge in [0.15, 0.2) is 5.78 Å². The highest BCUT2D eigenvalue weighted by Gasteiger charge is 2.35. The van der Waals surface area contributed by atoms with Gasteiger partial charge in [-0.15, -0.1) is 11.3 Å². The quantitative estimate of drug-likeness (QED) is 0.344. The predicted octanol–water partition coefficient (Wildman–Crippen LogP) is 4.77. The van der Waals surface area contributed by atoms with Crippen molar-refractivity contribution in [2.24, 2.45) is 0 Å². The smallest absolute Gasteiger partial charge is 0.261 e. The van der Waals surface area contributed by atoms with E-state index in [1.54, 1.807) is 66.0 Å². The second kappa shape index (κ2) is 12.5. The topological polar surface area (TPSA) is 105 Å². The van der Waals surface area contributed by atoms with Crippen molar-refractivity contribution >= 4 is 40.5 Å². The van der Waals surface area contributed by atoms with Crippen LogP contribution in [0.25, 0.3) is 0 Å². The number of anilines is 1. The number of amides is 3. The summed E-state index contributed by atoms with van der Waals surface area (Å²) in [4.78, 5) is 53.9. The summed E-state index contributed by atoms with van der Waals surface area (Å²) in [7, 11) is 1.53. The molecule has 0 spiro atoms. The highest BCUT2D eigenvalue weighted by atomic mass is 32.1. The van der Waals surface area contributed by atoms with E-state index in [1.165, 1.54) is 30.3 Å². The largest absolute Gasteiger partial charge is 0.497 e. The Morgan fingerprint density at radius 2 is 1.74 bits per heavy atom. The van der Waals surface area contributed by atoms with E-state index in [1.807, 2.05) is 20.8 Å². The monoisotopic (exact) mass is 535 g/mol. The van der Waals surface area contributed by atoms with Gasteiger partial charge in [0.2, 0.25) is 11.8 Å². The first kappa shape index (κ1) is 28.6. The van der Waals surface area contributed by atoms with E-state index < -0.39 is 23.4 Å². The van der Waals surface area contributed by atoms with Crippen molar-refractivity contribution < 1.29 is 23.9 Å². The molecule has 3 aromatic rings. The summed E-state index contributed by atoms with van der Waals surface area (Å²) < 4.78 is 5.39. The Morgan fingerprint density at radius 1 is 1.03 bits per heavy atom. The maximum atomic E-state index is 13.9. The Balaban J connectivity index is 2.08. The molecule has 0 saturated heterocycles. The number of nitrogens with zero attached hydrogens (tertiary/aromatic N) is 1. The molecular weight excluding hydrogens is 502 g/mol. The molecule has 200 valence electrons. The number of Topliss-reactive ketones (excluding diaryl/α,β-unsaturated/α-hetero) is 1. The standard InChI is InChI=1S/C29H33N3O5S/c1-6-29(3,4)31-28(36)26(21-9-7-10-23(17-21)37-5)32(22-14-12-20(13-15-22)19(2)33)25(34)18-30-27(35)24-11-8-16-38-24/h7-17,26H,6,18H2,1-5H3,(H,30,35)(H,31,36)/t26-/m1/s1. The van der Waals surface area contributed by atoms with E-state index >= 15 is 0 Å². The predicted molar refractivity (Wildman–Crippen MR) is 149 cm³/mol. The highest BCUT2D eigenvalue weighted by molar-refractivity contribution is 7.12. The number of hydrogen-bond acceptors (Lipinski definition) is 6. The number of benzene rings is 2. The summed E-state index contributed by atoms with van der Waals surface area (Å²) in [5.74, 6) is -0.860. The summed E-state index contributed by atoms with van der Waals surface area (Å²) in [5.41, 5.74) is 0.876. The lowest BCUT2D eigenvalue weighted by molar-refractivity contribution is -0.127. The van der Waals surface area contributed by atoms with Gasteiger partial charge in [-0.25, -0.2) is 0 Å². The summed E-state index contributed by atoms with van der Waals surface area (Å²) in [6, 6.07) is 15.8. The van der Waals surface area contributed by atoms with E-state index in [0.717, 1.165) is 0 Å². The lowest BCUT2D eigenvalue weighted by Gasteiger charge is -2.35. The molecule has 1 atom stereocenters. The maximum absolute atomic E-state index is 13.9. The van der Waals surface area contributed by atoms with Gasteiger partial charge in [0.25, 0.3) is 5.91 Å². The van der Waals surface area contributed by atoms with Crippen LogP contribution in [0.4, 0.5) is 5.69 Å². The Hall–Kier alpha value is -3.98. The average molecular weight is 536 g/mol. The van der Waals surface area contributed by atoms with Crippen LogP contribution in [-0.2, 0) is 9.59 Å². The first-order valence-corrected chi connectivity index (χ1v) is 13.1. The van der Waals surface area contributed by atoms with Gasteiger partial charge in [0.1, 0.15) is 11.8 Å². The minimum atomic E-state index is -1.08. The van der Waals surface area contributed by atoms with E-state index in [-0.39, 0.29) is 18.2 Å². The van der Waals surface area contributed by atoms with Crippen LogP contribution in [0.5, 0.6) is 5.75 Å². The van der Waals surface area contributed by atoms with Crippen LogP contribution in [0, 0.1) is 0 Å². The number of methoxy groups -OCH3 is 1. The van der Waals surface area contributed by atoms with Gasteiger partial charge < -0.3 is 15.4 Å². The van der Waals surface area contributed by atoms with E-state index in [9.17, 15) is 19.2 Å². The second-order valence-corrected chi connectivity index (χ2v) is 10.4. The SMILES string of the molecule is CCC(C)(C)NC(=O)[C@@H](c1cccc(OC)c1)N(C(=O)CNC(=O)c1cccs1)c1ccc(C(C)=O)cc1. The molecule has 0 aliphatic rings. The van der Waals surface area contributed by atoms with E-state index in [4.69, 9.17) is 4.74 Å². The molecule has 2 N–H and O–H groups in total. The number of hydrogen-bond donors (Lipinski definition) is 2. The molecule has 3 amide bonds. The zero-order valence-electron chi connectivity index (χ0n) is 22.2. The van der Waals surface area contributed by atoms with Crippen molar-refractivity contribution in [3.8, 4) is 5.75 Å². The molecule has 0 fully saturated rings. The number of nitrogens with one attached hydrogen (secondary N) is 2. The molecule has 0 bridgehead atoms. The lowest BCUT2D eigenvalue weighted by atomic mass is 9.98. The van der Waals surface area contributed by atoms with Gasteiger partial charge in [-0.3, -0.25) is 24.1 Å². The van der Waals surface area contributed by atoms with Crippen molar-refractivity contribution in [3.05, 3.63) is 82.0 Å². The van der Waals surface area contributed by atoms with Crippen molar-refractivity contribution in [2.75, 3.05) is 18.6 Å². The highest BCUT2D eigenvalue weighted by Crippen LogP contribution is 2.31. The van der Waals surface area contributed by atoms with Crippen molar-refractivity contribution in [1.29, 1.82) is 0 Å². The van der Waals surface area contributed by atoms with E-state index in [2.05, 4.69) is 10.6 Å². The Bertz CT molecular complexity index is 1290. The summed E-state index contributed by atoms with van der Waals surface area (Å²) in [6.07, 6.45) is 0.668. The van der Waals surface area contributed by atoms with Crippen LogP contribution in [0.15, 0.2) is 66.0 Å². The molecule has 8 nitrogen and oxygen atoms in total. The summed E-state index contributed by atoms with van der Waals surface area (Å²) >= 11 is 1.27. The van der Waals surface area contributed by atoms with Crippen molar-refractivity contribution in [3.63, 3.8) is 0 Å². The molecule has 0 unspecified atom stereocenters. The number of thiophene rings is 1. The van der Waals surface area contributed by atoms with Gasteiger partial charge in [0.05, 0.1) is 18.5 Å². The molecule has 0 aliphatic carbocycles. The first-order chi connectivity index (χ1) is 18.1. The molecule has 0 radical (unpaired) electrons. The molecule has 2 aromatic carbocycles. The minimum absolute atomic E-state index is 0.121. The van der Waals surface area contributed by atoms with Crippen LogP contribution in [0.3, 0.4) is 0 Å². The van der Waals surface area contributed by atoms with Crippen LogP contribution in [0.1, 0.15) is 65.8 Å². The summed E-state index contributed by atoms with van der Waals surface area (Å²) in [5, 5.41) is 7.49.